The highest BCUT2D eigenvalue weighted by molar-refractivity contribution is 7.13. The van der Waals surface area contributed by atoms with E-state index < -0.39 is 0 Å². The van der Waals surface area contributed by atoms with Crippen LogP contribution in [0.1, 0.15) is 16.8 Å². The van der Waals surface area contributed by atoms with Crippen molar-refractivity contribution in [1.29, 1.82) is 0 Å². The zero-order chi connectivity index (χ0) is 22.3. The van der Waals surface area contributed by atoms with Gasteiger partial charge in [-0.05, 0) is 29.3 Å². The SMILES string of the molecule is COc1ccc(-c2nc(CC(=O)NCc3cccc(Cn4ccnc4)c3)cs2)cc1OC. The lowest BCUT2D eigenvalue weighted by atomic mass is 10.1. The van der Waals surface area contributed by atoms with Crippen LogP contribution in [-0.4, -0.2) is 34.7 Å². The maximum Gasteiger partial charge on any atom is 0.226 e. The Morgan fingerprint density at radius 1 is 1.09 bits per heavy atom. The largest absolute Gasteiger partial charge is 0.493 e. The fourth-order valence-corrected chi connectivity index (χ4v) is 4.16. The molecule has 0 atom stereocenters. The van der Waals surface area contributed by atoms with Gasteiger partial charge in [-0.3, -0.25) is 4.79 Å². The van der Waals surface area contributed by atoms with Gasteiger partial charge in [-0.2, -0.15) is 0 Å². The van der Waals surface area contributed by atoms with Crippen molar-refractivity contribution in [3.63, 3.8) is 0 Å². The number of imidazole rings is 1. The van der Waals surface area contributed by atoms with Crippen molar-refractivity contribution in [3.05, 3.63) is 83.4 Å². The molecule has 1 amide bonds. The van der Waals surface area contributed by atoms with Gasteiger partial charge in [0.2, 0.25) is 5.91 Å². The Kier molecular flexibility index (Phi) is 6.81. The van der Waals surface area contributed by atoms with E-state index in [1.54, 1.807) is 26.7 Å². The zero-order valence-corrected chi connectivity index (χ0v) is 18.8. The molecule has 0 radical (unpaired) electrons. The van der Waals surface area contributed by atoms with Crippen LogP contribution >= 0.6 is 11.3 Å². The Morgan fingerprint density at radius 3 is 2.72 bits per heavy atom. The van der Waals surface area contributed by atoms with E-state index in [9.17, 15) is 4.79 Å². The summed E-state index contributed by atoms with van der Waals surface area (Å²) in [5.41, 5.74) is 3.88. The van der Waals surface area contributed by atoms with E-state index in [4.69, 9.17) is 9.47 Å². The molecule has 4 rings (SSSR count). The van der Waals surface area contributed by atoms with E-state index >= 15 is 0 Å². The van der Waals surface area contributed by atoms with Crippen molar-refractivity contribution in [1.82, 2.24) is 19.9 Å². The van der Waals surface area contributed by atoms with Crippen LogP contribution in [0.4, 0.5) is 0 Å². The van der Waals surface area contributed by atoms with Crippen LogP contribution in [0.25, 0.3) is 10.6 Å². The van der Waals surface area contributed by atoms with E-state index in [-0.39, 0.29) is 12.3 Å². The summed E-state index contributed by atoms with van der Waals surface area (Å²) in [5.74, 6) is 1.26. The Hall–Kier alpha value is -3.65. The molecule has 2 aromatic heterocycles. The molecular formula is C24H24N4O3S. The first-order chi connectivity index (χ1) is 15.6. The highest BCUT2D eigenvalue weighted by atomic mass is 32.1. The molecule has 4 aromatic rings. The molecule has 0 unspecified atom stereocenters. The highest BCUT2D eigenvalue weighted by Crippen LogP contribution is 2.33. The van der Waals surface area contributed by atoms with Crippen LogP contribution in [0.3, 0.4) is 0 Å². The number of hydrogen-bond donors (Lipinski definition) is 1. The zero-order valence-electron chi connectivity index (χ0n) is 17.9. The first-order valence-corrected chi connectivity index (χ1v) is 11.0. The summed E-state index contributed by atoms with van der Waals surface area (Å²) in [6.45, 7) is 1.23. The van der Waals surface area contributed by atoms with Crippen molar-refractivity contribution in [2.75, 3.05) is 14.2 Å². The van der Waals surface area contributed by atoms with Crippen LogP contribution in [-0.2, 0) is 24.3 Å². The molecule has 0 saturated heterocycles. The van der Waals surface area contributed by atoms with Gasteiger partial charge in [0.1, 0.15) is 5.01 Å². The number of ether oxygens (including phenoxy) is 2. The molecule has 0 aliphatic rings. The Labute approximate surface area is 190 Å². The second-order valence-electron chi connectivity index (χ2n) is 7.22. The van der Waals surface area contributed by atoms with Crippen molar-refractivity contribution in [3.8, 4) is 22.1 Å². The molecule has 0 aliphatic carbocycles. The van der Waals surface area contributed by atoms with Crippen molar-refractivity contribution in [2.45, 2.75) is 19.5 Å². The Balaban J connectivity index is 1.34. The first-order valence-electron chi connectivity index (χ1n) is 10.1. The minimum atomic E-state index is -0.0609. The minimum Gasteiger partial charge on any atom is -0.493 e. The fraction of sp³-hybridized carbons (Fsp3) is 0.208. The Bertz CT molecular complexity index is 1190. The maximum atomic E-state index is 12.5. The number of rotatable bonds is 9. The molecule has 7 nitrogen and oxygen atoms in total. The third-order valence-electron chi connectivity index (χ3n) is 4.93. The Morgan fingerprint density at radius 2 is 1.94 bits per heavy atom. The van der Waals surface area contributed by atoms with Gasteiger partial charge < -0.3 is 19.4 Å². The summed E-state index contributed by atoms with van der Waals surface area (Å²) >= 11 is 1.50. The van der Waals surface area contributed by atoms with Crippen LogP contribution in [0.5, 0.6) is 11.5 Å². The quantitative estimate of drug-likeness (QED) is 0.420. The number of carbonyl (C=O) groups is 1. The van der Waals surface area contributed by atoms with E-state index in [2.05, 4.69) is 27.4 Å². The molecule has 0 saturated carbocycles. The molecule has 0 aliphatic heterocycles. The van der Waals surface area contributed by atoms with E-state index in [0.29, 0.717) is 18.0 Å². The van der Waals surface area contributed by atoms with E-state index in [0.717, 1.165) is 33.9 Å². The van der Waals surface area contributed by atoms with Gasteiger partial charge in [-0.1, -0.05) is 24.3 Å². The third kappa shape index (κ3) is 5.33. The molecule has 164 valence electrons. The predicted octanol–water partition coefficient (Wildman–Crippen LogP) is 3.93. The molecule has 2 heterocycles. The number of nitrogens with zero attached hydrogens (tertiary/aromatic N) is 3. The van der Waals surface area contributed by atoms with Gasteiger partial charge in [0, 0.05) is 36.4 Å². The summed E-state index contributed by atoms with van der Waals surface area (Å²) in [4.78, 5) is 21.1. The summed E-state index contributed by atoms with van der Waals surface area (Å²) in [7, 11) is 3.21. The number of nitrogens with one attached hydrogen (secondary N) is 1. The molecule has 1 N–H and O–H groups in total. The van der Waals surface area contributed by atoms with Crippen LogP contribution < -0.4 is 14.8 Å². The molecular weight excluding hydrogens is 424 g/mol. The van der Waals surface area contributed by atoms with Gasteiger partial charge in [-0.25, -0.2) is 9.97 Å². The topological polar surface area (TPSA) is 78.3 Å². The summed E-state index contributed by atoms with van der Waals surface area (Å²) in [6.07, 6.45) is 5.72. The number of aromatic nitrogens is 3. The smallest absolute Gasteiger partial charge is 0.226 e. The highest BCUT2D eigenvalue weighted by Gasteiger charge is 2.12. The lowest BCUT2D eigenvalue weighted by Crippen LogP contribution is -2.24. The van der Waals surface area contributed by atoms with Gasteiger partial charge >= 0.3 is 0 Å². The second-order valence-corrected chi connectivity index (χ2v) is 8.08. The predicted molar refractivity (Wildman–Crippen MR) is 124 cm³/mol. The fourth-order valence-electron chi connectivity index (χ4n) is 3.35. The number of amides is 1. The first kappa shape index (κ1) is 21.6. The normalized spacial score (nSPS) is 10.7. The maximum absolute atomic E-state index is 12.5. The number of methoxy groups -OCH3 is 2. The minimum absolute atomic E-state index is 0.0609. The van der Waals surface area contributed by atoms with Crippen molar-refractivity contribution in [2.24, 2.45) is 0 Å². The molecule has 0 bridgehead atoms. The molecule has 32 heavy (non-hydrogen) atoms. The number of benzene rings is 2. The number of carbonyl (C=O) groups excluding carboxylic acids is 1. The summed E-state index contributed by atoms with van der Waals surface area (Å²) in [5, 5.41) is 5.73. The van der Waals surface area contributed by atoms with Gasteiger partial charge in [0.05, 0.1) is 32.7 Å². The van der Waals surface area contributed by atoms with E-state index in [1.165, 1.54) is 11.3 Å². The van der Waals surface area contributed by atoms with Crippen LogP contribution in [0.2, 0.25) is 0 Å². The standard InChI is InChI=1S/C24H24N4O3S/c1-30-21-7-6-19(11-22(21)31-2)24-27-20(15-32-24)12-23(29)26-13-17-4-3-5-18(10-17)14-28-9-8-25-16-28/h3-11,15-16H,12-14H2,1-2H3,(H,26,29). The molecule has 0 fully saturated rings. The van der Waals surface area contributed by atoms with Crippen molar-refractivity contribution >= 4 is 17.2 Å². The van der Waals surface area contributed by atoms with Gasteiger partial charge in [-0.15, -0.1) is 11.3 Å². The monoisotopic (exact) mass is 448 g/mol. The molecule has 2 aromatic carbocycles. The van der Waals surface area contributed by atoms with E-state index in [1.807, 2.05) is 46.5 Å². The van der Waals surface area contributed by atoms with Gasteiger partial charge in [0.15, 0.2) is 11.5 Å². The van der Waals surface area contributed by atoms with Crippen LogP contribution in [0, 0.1) is 0 Å². The molecule has 8 heteroatoms. The number of hydrogen-bond acceptors (Lipinski definition) is 6. The van der Waals surface area contributed by atoms with Gasteiger partial charge in [0.25, 0.3) is 0 Å². The lowest BCUT2D eigenvalue weighted by molar-refractivity contribution is -0.120. The van der Waals surface area contributed by atoms with Crippen molar-refractivity contribution < 1.29 is 14.3 Å². The average molecular weight is 449 g/mol. The lowest BCUT2D eigenvalue weighted by Gasteiger charge is -2.08. The third-order valence-corrected chi connectivity index (χ3v) is 5.87. The summed E-state index contributed by atoms with van der Waals surface area (Å²) < 4.78 is 12.7. The molecule has 0 spiro atoms. The van der Waals surface area contributed by atoms with Crippen LogP contribution in [0.15, 0.2) is 66.6 Å². The number of thiazole rings is 1. The average Bonchev–Trinajstić information content (AvgIpc) is 3.50. The second kappa shape index (κ2) is 10.1. The summed E-state index contributed by atoms with van der Waals surface area (Å²) in [6, 6.07) is 13.8.